The molecular weight excluding hydrogens is 224 g/mol. The van der Waals surface area contributed by atoms with Gasteiger partial charge in [0.05, 0.1) is 17.9 Å². The number of halogens is 1. The third-order valence-corrected chi connectivity index (χ3v) is 2.56. The molecule has 2 heterocycles. The highest BCUT2D eigenvalue weighted by Gasteiger charge is 2.03. The van der Waals surface area contributed by atoms with Crippen molar-refractivity contribution in [1.82, 2.24) is 20.0 Å². The third-order valence-electron chi connectivity index (χ3n) is 2.37. The number of alkyl halides is 1. The second-order valence-electron chi connectivity index (χ2n) is 3.61. The minimum absolute atomic E-state index is 0.571. The SMILES string of the molecule is Cc1cccnc1Cn1cc(CCCl)nn1. The topological polar surface area (TPSA) is 43.6 Å². The van der Waals surface area contributed by atoms with Gasteiger partial charge < -0.3 is 0 Å². The smallest absolute Gasteiger partial charge is 0.0851 e. The fraction of sp³-hybridized carbons (Fsp3) is 0.364. The first-order valence-electron chi connectivity index (χ1n) is 5.15. The molecule has 4 nitrogen and oxygen atoms in total. The van der Waals surface area contributed by atoms with Crippen LogP contribution < -0.4 is 0 Å². The number of hydrogen-bond donors (Lipinski definition) is 0. The molecule has 2 aromatic heterocycles. The Bertz CT molecular complexity index is 467. The molecule has 0 atom stereocenters. The van der Waals surface area contributed by atoms with Crippen LogP contribution in [0.1, 0.15) is 17.0 Å². The summed E-state index contributed by atoms with van der Waals surface area (Å²) < 4.78 is 1.79. The quantitative estimate of drug-likeness (QED) is 0.761. The monoisotopic (exact) mass is 236 g/mol. The Balaban J connectivity index is 2.11. The molecule has 0 saturated carbocycles. The average Bonchev–Trinajstić information content (AvgIpc) is 2.70. The van der Waals surface area contributed by atoms with Gasteiger partial charge in [0.15, 0.2) is 0 Å². The van der Waals surface area contributed by atoms with Gasteiger partial charge in [-0.1, -0.05) is 11.3 Å². The standard InChI is InChI=1S/C11H13ClN4/c1-9-3-2-6-13-11(9)8-16-7-10(4-5-12)14-15-16/h2-3,6-7H,4-5,8H2,1H3. The van der Waals surface area contributed by atoms with E-state index in [0.29, 0.717) is 12.4 Å². The summed E-state index contributed by atoms with van der Waals surface area (Å²) in [4.78, 5) is 4.31. The highest BCUT2D eigenvalue weighted by molar-refractivity contribution is 6.17. The van der Waals surface area contributed by atoms with Crippen LogP contribution in [0.5, 0.6) is 0 Å². The zero-order valence-corrected chi connectivity index (χ0v) is 9.85. The molecule has 5 heteroatoms. The summed E-state index contributed by atoms with van der Waals surface area (Å²) in [5.41, 5.74) is 3.10. The Labute approximate surface area is 99.3 Å². The van der Waals surface area contributed by atoms with E-state index in [1.807, 2.05) is 25.3 Å². The van der Waals surface area contributed by atoms with Crippen molar-refractivity contribution in [2.24, 2.45) is 0 Å². The molecule has 2 rings (SSSR count). The Morgan fingerprint density at radius 2 is 2.31 bits per heavy atom. The second kappa shape index (κ2) is 5.07. The van der Waals surface area contributed by atoms with E-state index in [9.17, 15) is 0 Å². The summed E-state index contributed by atoms with van der Waals surface area (Å²) in [6.45, 7) is 2.70. The Hall–Kier alpha value is -1.42. The Morgan fingerprint density at radius 3 is 3.06 bits per heavy atom. The minimum atomic E-state index is 0.571. The molecule has 0 radical (unpaired) electrons. The number of nitrogens with zero attached hydrogens (tertiary/aromatic N) is 4. The molecule has 0 aliphatic carbocycles. The van der Waals surface area contributed by atoms with Gasteiger partial charge in [0.25, 0.3) is 0 Å². The van der Waals surface area contributed by atoms with Gasteiger partial charge in [-0.3, -0.25) is 4.98 Å². The van der Waals surface area contributed by atoms with E-state index in [0.717, 1.165) is 23.4 Å². The van der Waals surface area contributed by atoms with Crippen molar-refractivity contribution in [1.29, 1.82) is 0 Å². The minimum Gasteiger partial charge on any atom is -0.259 e. The highest BCUT2D eigenvalue weighted by atomic mass is 35.5. The fourth-order valence-corrected chi connectivity index (χ4v) is 1.66. The van der Waals surface area contributed by atoms with Gasteiger partial charge in [-0.15, -0.1) is 16.7 Å². The fourth-order valence-electron chi connectivity index (χ4n) is 1.46. The summed E-state index contributed by atoms with van der Waals surface area (Å²) in [5.74, 6) is 0.571. The van der Waals surface area contributed by atoms with Gasteiger partial charge in [-0.25, -0.2) is 4.68 Å². The zero-order chi connectivity index (χ0) is 11.4. The van der Waals surface area contributed by atoms with E-state index < -0.39 is 0 Å². The molecule has 0 bridgehead atoms. The van der Waals surface area contributed by atoms with Crippen molar-refractivity contribution in [2.45, 2.75) is 19.9 Å². The van der Waals surface area contributed by atoms with Crippen LogP contribution in [0.15, 0.2) is 24.5 Å². The summed E-state index contributed by atoms with van der Waals surface area (Å²) in [6, 6.07) is 3.97. The summed E-state index contributed by atoms with van der Waals surface area (Å²) in [6.07, 6.45) is 4.46. The van der Waals surface area contributed by atoms with Gasteiger partial charge in [0.1, 0.15) is 0 Å². The van der Waals surface area contributed by atoms with Gasteiger partial charge in [0.2, 0.25) is 0 Å². The predicted octanol–water partition coefficient (Wildman–Crippen LogP) is 1.81. The lowest BCUT2D eigenvalue weighted by molar-refractivity contribution is 0.635. The highest BCUT2D eigenvalue weighted by Crippen LogP contribution is 2.05. The lowest BCUT2D eigenvalue weighted by atomic mass is 10.2. The van der Waals surface area contributed by atoms with Crippen molar-refractivity contribution >= 4 is 11.6 Å². The largest absolute Gasteiger partial charge is 0.259 e. The number of hydrogen-bond acceptors (Lipinski definition) is 3. The van der Waals surface area contributed by atoms with Crippen molar-refractivity contribution in [3.8, 4) is 0 Å². The maximum Gasteiger partial charge on any atom is 0.0851 e. The number of rotatable bonds is 4. The average molecular weight is 237 g/mol. The van der Waals surface area contributed by atoms with Crippen LogP contribution in [-0.4, -0.2) is 25.9 Å². The molecule has 0 aliphatic rings. The molecule has 0 unspecified atom stereocenters. The third kappa shape index (κ3) is 2.58. The first kappa shape index (κ1) is 11.1. The van der Waals surface area contributed by atoms with Crippen LogP contribution in [0.2, 0.25) is 0 Å². The second-order valence-corrected chi connectivity index (χ2v) is 3.99. The molecule has 0 spiro atoms. The van der Waals surface area contributed by atoms with E-state index in [4.69, 9.17) is 11.6 Å². The maximum atomic E-state index is 5.64. The number of aryl methyl sites for hydroxylation is 2. The van der Waals surface area contributed by atoms with E-state index in [-0.39, 0.29) is 0 Å². The van der Waals surface area contributed by atoms with Gasteiger partial charge in [-0.05, 0) is 18.6 Å². The molecule has 16 heavy (non-hydrogen) atoms. The number of aromatic nitrogens is 4. The summed E-state index contributed by atoms with van der Waals surface area (Å²) in [7, 11) is 0. The Morgan fingerprint density at radius 1 is 1.44 bits per heavy atom. The molecule has 2 aromatic rings. The van der Waals surface area contributed by atoms with Crippen LogP contribution in [0, 0.1) is 6.92 Å². The molecule has 0 aromatic carbocycles. The molecule has 0 saturated heterocycles. The van der Waals surface area contributed by atoms with Crippen LogP contribution in [0.3, 0.4) is 0 Å². The zero-order valence-electron chi connectivity index (χ0n) is 9.10. The van der Waals surface area contributed by atoms with Crippen LogP contribution in [0.4, 0.5) is 0 Å². The molecule has 0 fully saturated rings. The summed E-state index contributed by atoms with van der Waals surface area (Å²) >= 11 is 5.64. The summed E-state index contributed by atoms with van der Waals surface area (Å²) in [5, 5.41) is 8.07. The number of pyridine rings is 1. The molecule has 0 aliphatic heterocycles. The molecule has 0 amide bonds. The maximum absolute atomic E-state index is 5.64. The van der Waals surface area contributed by atoms with E-state index in [2.05, 4.69) is 15.3 Å². The molecular formula is C11H13ClN4. The van der Waals surface area contributed by atoms with E-state index in [1.165, 1.54) is 0 Å². The van der Waals surface area contributed by atoms with Crippen molar-refractivity contribution in [3.05, 3.63) is 41.5 Å². The molecule has 84 valence electrons. The predicted molar refractivity (Wildman–Crippen MR) is 62.5 cm³/mol. The van der Waals surface area contributed by atoms with Crippen molar-refractivity contribution < 1.29 is 0 Å². The normalized spacial score (nSPS) is 10.6. The lowest BCUT2D eigenvalue weighted by Gasteiger charge is -2.02. The van der Waals surface area contributed by atoms with Crippen LogP contribution in [0.25, 0.3) is 0 Å². The van der Waals surface area contributed by atoms with Gasteiger partial charge in [-0.2, -0.15) is 0 Å². The van der Waals surface area contributed by atoms with Gasteiger partial charge >= 0.3 is 0 Å². The first-order valence-corrected chi connectivity index (χ1v) is 5.68. The van der Waals surface area contributed by atoms with Crippen molar-refractivity contribution in [2.75, 3.05) is 5.88 Å². The lowest BCUT2D eigenvalue weighted by Crippen LogP contribution is -2.04. The van der Waals surface area contributed by atoms with E-state index >= 15 is 0 Å². The van der Waals surface area contributed by atoms with Gasteiger partial charge in [0, 0.05) is 24.7 Å². The molecule has 0 N–H and O–H groups in total. The van der Waals surface area contributed by atoms with Crippen LogP contribution in [-0.2, 0) is 13.0 Å². The van der Waals surface area contributed by atoms with Crippen LogP contribution >= 0.6 is 11.6 Å². The Kier molecular flexibility index (Phi) is 3.51. The van der Waals surface area contributed by atoms with E-state index in [1.54, 1.807) is 10.9 Å². The van der Waals surface area contributed by atoms with Crippen molar-refractivity contribution in [3.63, 3.8) is 0 Å². The first-order chi connectivity index (χ1) is 7.79.